The fourth-order valence-electron chi connectivity index (χ4n) is 2.89. The van der Waals surface area contributed by atoms with Crippen molar-refractivity contribution in [3.05, 3.63) is 58.1 Å². The average Bonchev–Trinajstić information content (AvgIpc) is 2.99. The number of rotatable bonds is 4. The van der Waals surface area contributed by atoms with Gasteiger partial charge in [0.1, 0.15) is 0 Å². The number of thioether (sulfide) groups is 1. The molecule has 0 saturated heterocycles. The van der Waals surface area contributed by atoms with Crippen molar-refractivity contribution >= 4 is 45.1 Å². The molecule has 3 nitrogen and oxygen atoms in total. The number of halogens is 1. The Morgan fingerprint density at radius 1 is 1.17 bits per heavy atom. The second kappa shape index (κ2) is 7.11. The van der Waals surface area contributed by atoms with E-state index in [1.807, 2.05) is 49.4 Å². The van der Waals surface area contributed by atoms with E-state index in [4.69, 9.17) is 0 Å². The van der Waals surface area contributed by atoms with Crippen LogP contribution in [0.25, 0.3) is 0 Å². The number of nitrogens with zero attached hydrogens (tertiary/aromatic N) is 1. The molecule has 2 aromatic rings. The van der Waals surface area contributed by atoms with Gasteiger partial charge >= 0.3 is 0 Å². The average molecular weight is 404 g/mol. The van der Waals surface area contributed by atoms with Crippen LogP contribution in [0, 0.1) is 0 Å². The SMILES string of the molecule is CC(=O)N1CCc2cc(C(=O)C(C)Sc3ccc(Br)cc3)ccc21. The van der Waals surface area contributed by atoms with Crippen molar-refractivity contribution in [3.8, 4) is 0 Å². The number of hydrogen-bond donors (Lipinski definition) is 0. The Hall–Kier alpha value is -1.59. The lowest BCUT2D eigenvalue weighted by atomic mass is 10.0. The predicted molar refractivity (Wildman–Crippen MR) is 102 cm³/mol. The summed E-state index contributed by atoms with van der Waals surface area (Å²) in [6.07, 6.45) is 0.810. The Bertz CT molecular complexity index is 788. The zero-order valence-corrected chi connectivity index (χ0v) is 16.0. The van der Waals surface area contributed by atoms with E-state index in [0.29, 0.717) is 6.54 Å². The lowest BCUT2D eigenvalue weighted by molar-refractivity contribution is -0.116. The van der Waals surface area contributed by atoms with Gasteiger partial charge in [-0.1, -0.05) is 15.9 Å². The normalized spacial score (nSPS) is 14.4. The van der Waals surface area contributed by atoms with Gasteiger partial charge in [-0.15, -0.1) is 11.8 Å². The molecule has 0 spiro atoms. The summed E-state index contributed by atoms with van der Waals surface area (Å²) in [5.74, 6) is 0.166. The summed E-state index contributed by atoms with van der Waals surface area (Å²) >= 11 is 4.98. The first-order valence-corrected chi connectivity index (χ1v) is 9.50. The molecule has 1 amide bonds. The van der Waals surface area contributed by atoms with Crippen LogP contribution in [-0.4, -0.2) is 23.5 Å². The largest absolute Gasteiger partial charge is 0.312 e. The first-order chi connectivity index (χ1) is 11.5. The van der Waals surface area contributed by atoms with Gasteiger partial charge in [0.15, 0.2) is 5.78 Å². The lowest BCUT2D eigenvalue weighted by Gasteiger charge is -2.15. The van der Waals surface area contributed by atoms with Crippen molar-refractivity contribution in [1.82, 2.24) is 0 Å². The molecule has 0 saturated carbocycles. The molecular formula is C19H18BrNO2S. The van der Waals surface area contributed by atoms with Crippen LogP contribution in [0.4, 0.5) is 5.69 Å². The van der Waals surface area contributed by atoms with Crippen LogP contribution in [0.2, 0.25) is 0 Å². The van der Waals surface area contributed by atoms with Gasteiger partial charge in [-0.3, -0.25) is 9.59 Å². The molecule has 0 bridgehead atoms. The van der Waals surface area contributed by atoms with Crippen molar-refractivity contribution in [2.24, 2.45) is 0 Å². The van der Waals surface area contributed by atoms with Crippen molar-refractivity contribution in [1.29, 1.82) is 0 Å². The number of benzene rings is 2. The van der Waals surface area contributed by atoms with Gasteiger partial charge in [0.25, 0.3) is 0 Å². The summed E-state index contributed by atoms with van der Waals surface area (Å²) in [6, 6.07) is 13.6. The lowest BCUT2D eigenvalue weighted by Crippen LogP contribution is -2.25. The van der Waals surface area contributed by atoms with Crippen LogP contribution in [0.15, 0.2) is 51.8 Å². The van der Waals surface area contributed by atoms with E-state index < -0.39 is 0 Å². The monoisotopic (exact) mass is 403 g/mol. The van der Waals surface area contributed by atoms with E-state index in [9.17, 15) is 9.59 Å². The third kappa shape index (κ3) is 3.57. The minimum atomic E-state index is -0.158. The predicted octanol–water partition coefficient (Wildman–Crippen LogP) is 4.72. The number of carbonyl (C=O) groups excluding carboxylic acids is 2. The summed E-state index contributed by atoms with van der Waals surface area (Å²) in [4.78, 5) is 27.2. The Kier molecular flexibility index (Phi) is 5.11. The van der Waals surface area contributed by atoms with Gasteiger partial charge in [-0.05, 0) is 61.4 Å². The molecule has 24 heavy (non-hydrogen) atoms. The molecule has 1 heterocycles. The minimum Gasteiger partial charge on any atom is -0.312 e. The highest BCUT2D eigenvalue weighted by Crippen LogP contribution is 2.31. The van der Waals surface area contributed by atoms with Crippen LogP contribution in [-0.2, 0) is 11.2 Å². The van der Waals surface area contributed by atoms with Crippen LogP contribution >= 0.6 is 27.7 Å². The van der Waals surface area contributed by atoms with Gasteiger partial charge < -0.3 is 4.90 Å². The van der Waals surface area contributed by atoms with E-state index in [1.54, 1.807) is 23.6 Å². The highest BCUT2D eigenvalue weighted by Gasteiger charge is 2.24. The second-order valence-corrected chi connectivity index (χ2v) is 8.17. The summed E-state index contributed by atoms with van der Waals surface area (Å²) in [6.45, 7) is 4.21. The number of ketones is 1. The highest BCUT2D eigenvalue weighted by molar-refractivity contribution is 9.10. The van der Waals surface area contributed by atoms with Gasteiger partial charge in [-0.25, -0.2) is 0 Å². The van der Waals surface area contributed by atoms with Crippen molar-refractivity contribution < 1.29 is 9.59 Å². The van der Waals surface area contributed by atoms with Crippen molar-refractivity contribution in [3.63, 3.8) is 0 Å². The van der Waals surface area contributed by atoms with E-state index in [1.165, 1.54) is 0 Å². The molecule has 0 N–H and O–H groups in total. The standard InChI is InChI=1S/C19H18BrNO2S/c1-12(24-17-6-4-16(20)5-7-17)19(23)15-3-8-18-14(11-15)9-10-21(18)13(2)22/h3-8,11-12H,9-10H2,1-2H3. The molecule has 1 aliphatic heterocycles. The van der Waals surface area contributed by atoms with Gasteiger partial charge in [0, 0.05) is 34.1 Å². The van der Waals surface area contributed by atoms with Gasteiger partial charge in [-0.2, -0.15) is 0 Å². The molecule has 0 radical (unpaired) electrons. The molecular weight excluding hydrogens is 386 g/mol. The first kappa shape index (κ1) is 17.2. The quantitative estimate of drug-likeness (QED) is 0.547. The number of Topliss-reactive ketones (excluding diaryl/α,β-unsaturated/α-hetero) is 1. The highest BCUT2D eigenvalue weighted by atomic mass is 79.9. The smallest absolute Gasteiger partial charge is 0.223 e. The summed E-state index contributed by atoms with van der Waals surface area (Å²) < 4.78 is 1.03. The third-order valence-corrected chi connectivity index (χ3v) is 5.78. The molecule has 5 heteroatoms. The van der Waals surface area contributed by atoms with Gasteiger partial charge in [0.05, 0.1) is 5.25 Å². The number of amides is 1. The van der Waals surface area contributed by atoms with Crippen LogP contribution in [0.1, 0.15) is 29.8 Å². The Morgan fingerprint density at radius 3 is 2.54 bits per heavy atom. The Balaban J connectivity index is 1.75. The van der Waals surface area contributed by atoms with E-state index in [2.05, 4.69) is 15.9 Å². The molecule has 0 aromatic heterocycles. The zero-order chi connectivity index (χ0) is 17.3. The number of fused-ring (bicyclic) bond motifs is 1. The zero-order valence-electron chi connectivity index (χ0n) is 13.6. The van der Waals surface area contributed by atoms with Crippen molar-refractivity contribution in [2.75, 3.05) is 11.4 Å². The summed E-state index contributed by atoms with van der Waals surface area (Å²) in [5, 5.41) is -0.158. The molecule has 0 fully saturated rings. The molecule has 2 aromatic carbocycles. The van der Waals surface area contributed by atoms with Gasteiger partial charge in [0.2, 0.25) is 5.91 Å². The van der Waals surface area contributed by atoms with Crippen LogP contribution in [0.3, 0.4) is 0 Å². The minimum absolute atomic E-state index is 0.0481. The fourth-order valence-corrected chi connectivity index (χ4v) is 4.10. The van der Waals surface area contributed by atoms with E-state index in [0.717, 1.165) is 32.6 Å². The first-order valence-electron chi connectivity index (χ1n) is 7.83. The third-order valence-electron chi connectivity index (χ3n) is 4.14. The number of anilines is 1. The van der Waals surface area contributed by atoms with E-state index in [-0.39, 0.29) is 16.9 Å². The number of hydrogen-bond acceptors (Lipinski definition) is 3. The summed E-state index contributed by atoms with van der Waals surface area (Å²) in [7, 11) is 0. The second-order valence-electron chi connectivity index (χ2n) is 5.84. The van der Waals surface area contributed by atoms with Crippen LogP contribution < -0.4 is 4.90 Å². The molecule has 1 atom stereocenters. The maximum Gasteiger partial charge on any atom is 0.223 e. The number of carbonyl (C=O) groups is 2. The molecule has 124 valence electrons. The molecule has 0 aliphatic carbocycles. The van der Waals surface area contributed by atoms with Crippen LogP contribution in [0.5, 0.6) is 0 Å². The topological polar surface area (TPSA) is 37.4 Å². The Morgan fingerprint density at radius 2 is 1.88 bits per heavy atom. The maximum absolute atomic E-state index is 12.7. The molecule has 1 aliphatic rings. The van der Waals surface area contributed by atoms with Crippen molar-refractivity contribution in [2.45, 2.75) is 30.4 Å². The maximum atomic E-state index is 12.7. The fraction of sp³-hybridized carbons (Fsp3) is 0.263. The molecule has 3 rings (SSSR count). The molecule has 1 unspecified atom stereocenters. The van der Waals surface area contributed by atoms with E-state index >= 15 is 0 Å². The Labute approximate surface area is 154 Å². The summed E-state index contributed by atoms with van der Waals surface area (Å²) in [5.41, 5.74) is 2.74.